The van der Waals surface area contributed by atoms with Crippen molar-refractivity contribution in [1.82, 2.24) is 14.3 Å². The third-order valence-electron chi connectivity index (χ3n) is 2.94. The average molecular weight is 316 g/mol. The van der Waals surface area contributed by atoms with Gasteiger partial charge in [0.2, 0.25) is 16.2 Å². The molecule has 1 aliphatic heterocycles. The van der Waals surface area contributed by atoms with Gasteiger partial charge in [0.25, 0.3) is 0 Å². The number of anilines is 1. The zero-order valence-corrected chi connectivity index (χ0v) is 13.2. The first kappa shape index (κ1) is 15.7. The molecule has 112 valence electrons. The van der Waals surface area contributed by atoms with Crippen molar-refractivity contribution in [2.75, 3.05) is 30.7 Å². The number of rotatable bonds is 6. The molecule has 2 N–H and O–H groups in total. The summed E-state index contributed by atoms with van der Waals surface area (Å²) in [6.45, 7) is 3.84. The zero-order valence-electron chi connectivity index (χ0n) is 11.5. The minimum Gasteiger partial charge on any atom is -0.392 e. The maximum absolute atomic E-state index is 11.9. The van der Waals surface area contributed by atoms with Gasteiger partial charge in [0, 0.05) is 23.8 Å². The van der Waals surface area contributed by atoms with Gasteiger partial charge < -0.3 is 5.11 Å². The molecule has 1 aromatic heterocycles. The number of amides is 1. The number of nitrogens with zero attached hydrogens (tertiary/aromatic N) is 3. The van der Waals surface area contributed by atoms with E-state index < -0.39 is 0 Å². The van der Waals surface area contributed by atoms with Crippen molar-refractivity contribution in [3.63, 3.8) is 0 Å². The third-order valence-corrected chi connectivity index (χ3v) is 4.74. The number of thioether (sulfide) groups is 1. The van der Waals surface area contributed by atoms with Gasteiger partial charge in [-0.05, 0) is 25.8 Å². The van der Waals surface area contributed by atoms with Crippen LogP contribution in [0.25, 0.3) is 0 Å². The van der Waals surface area contributed by atoms with Crippen LogP contribution in [0.3, 0.4) is 0 Å². The van der Waals surface area contributed by atoms with Gasteiger partial charge in [0.15, 0.2) is 0 Å². The van der Waals surface area contributed by atoms with Crippen molar-refractivity contribution in [2.24, 2.45) is 0 Å². The normalized spacial score (nSPS) is 20.0. The molecule has 1 saturated heterocycles. The molecular formula is C12H20N4O2S2. The number of aromatic nitrogens is 2. The molecule has 0 radical (unpaired) electrons. The second kappa shape index (κ2) is 7.92. The van der Waals surface area contributed by atoms with Crippen LogP contribution >= 0.6 is 23.3 Å². The predicted molar refractivity (Wildman–Crippen MR) is 81.2 cm³/mol. The molecule has 0 bridgehead atoms. The van der Waals surface area contributed by atoms with Gasteiger partial charge in [0.1, 0.15) is 0 Å². The molecule has 1 atom stereocenters. The van der Waals surface area contributed by atoms with E-state index >= 15 is 0 Å². The van der Waals surface area contributed by atoms with Crippen molar-refractivity contribution in [2.45, 2.75) is 37.4 Å². The van der Waals surface area contributed by atoms with Crippen molar-refractivity contribution in [3.8, 4) is 0 Å². The minimum atomic E-state index is -0.310. The molecule has 1 aromatic rings. The standard InChI is InChI=1S/C12H20N4O2S2/c1-2-6-19-12-14-11(20-15-12)13-10(18)8-16-5-3-4-9(17)7-16/h9,17H,2-8H2,1H3,(H,13,14,15,18). The van der Waals surface area contributed by atoms with Crippen LogP contribution in [0.5, 0.6) is 0 Å². The van der Waals surface area contributed by atoms with Gasteiger partial charge in [-0.3, -0.25) is 15.0 Å². The van der Waals surface area contributed by atoms with Crippen LogP contribution in [0.2, 0.25) is 0 Å². The van der Waals surface area contributed by atoms with E-state index in [9.17, 15) is 9.90 Å². The second-order valence-electron chi connectivity index (χ2n) is 4.81. The largest absolute Gasteiger partial charge is 0.392 e. The van der Waals surface area contributed by atoms with Crippen molar-refractivity contribution in [1.29, 1.82) is 0 Å². The monoisotopic (exact) mass is 316 g/mol. The number of hydrogen-bond donors (Lipinski definition) is 2. The highest BCUT2D eigenvalue weighted by Crippen LogP contribution is 2.20. The van der Waals surface area contributed by atoms with Crippen molar-refractivity contribution < 1.29 is 9.90 Å². The zero-order chi connectivity index (χ0) is 14.4. The Hall–Kier alpha value is -0.700. The van der Waals surface area contributed by atoms with Crippen LogP contribution in [0.4, 0.5) is 5.13 Å². The number of piperidine rings is 1. The van der Waals surface area contributed by atoms with Crippen molar-refractivity contribution in [3.05, 3.63) is 0 Å². The number of hydrogen-bond acceptors (Lipinski definition) is 7. The Kier molecular flexibility index (Phi) is 6.21. The Morgan fingerprint density at radius 2 is 2.50 bits per heavy atom. The Labute approximate surface area is 127 Å². The lowest BCUT2D eigenvalue weighted by atomic mass is 10.1. The Balaban J connectivity index is 1.77. The molecule has 1 aliphatic rings. The molecule has 2 rings (SSSR count). The molecular weight excluding hydrogens is 296 g/mol. The highest BCUT2D eigenvalue weighted by molar-refractivity contribution is 7.99. The van der Waals surface area contributed by atoms with Crippen LogP contribution in [0, 0.1) is 0 Å². The third kappa shape index (κ3) is 5.01. The average Bonchev–Trinajstić information content (AvgIpc) is 2.83. The molecule has 0 aliphatic carbocycles. The molecule has 6 nitrogen and oxygen atoms in total. The predicted octanol–water partition coefficient (Wildman–Crippen LogP) is 1.44. The first-order valence-corrected chi connectivity index (χ1v) is 8.60. The highest BCUT2D eigenvalue weighted by Gasteiger charge is 2.20. The van der Waals surface area contributed by atoms with Gasteiger partial charge in [-0.25, -0.2) is 0 Å². The summed E-state index contributed by atoms with van der Waals surface area (Å²) in [7, 11) is 0. The maximum atomic E-state index is 11.9. The van der Waals surface area contributed by atoms with Crippen LogP contribution in [0.1, 0.15) is 26.2 Å². The smallest absolute Gasteiger partial charge is 0.240 e. The summed E-state index contributed by atoms with van der Waals surface area (Å²) in [5.41, 5.74) is 0. The fourth-order valence-electron chi connectivity index (χ4n) is 2.05. The topological polar surface area (TPSA) is 78.4 Å². The van der Waals surface area contributed by atoms with Crippen LogP contribution in [0.15, 0.2) is 5.16 Å². The molecule has 2 heterocycles. The van der Waals surface area contributed by atoms with Gasteiger partial charge in [-0.2, -0.15) is 9.36 Å². The molecule has 20 heavy (non-hydrogen) atoms. The lowest BCUT2D eigenvalue weighted by Gasteiger charge is -2.29. The van der Waals surface area contributed by atoms with Gasteiger partial charge >= 0.3 is 0 Å². The molecule has 0 aromatic carbocycles. The Bertz CT molecular complexity index is 441. The summed E-state index contributed by atoms with van der Waals surface area (Å²) >= 11 is 2.81. The molecule has 1 fully saturated rings. The lowest BCUT2D eigenvalue weighted by molar-refractivity contribution is -0.118. The van der Waals surface area contributed by atoms with Gasteiger partial charge in [0.05, 0.1) is 12.6 Å². The summed E-state index contributed by atoms with van der Waals surface area (Å²) in [5.74, 6) is 0.887. The number of likely N-dealkylation sites (tertiary alicyclic amines) is 1. The molecule has 1 unspecified atom stereocenters. The highest BCUT2D eigenvalue weighted by atomic mass is 32.2. The quantitative estimate of drug-likeness (QED) is 0.773. The number of carbonyl (C=O) groups excluding carboxylic acids is 1. The van der Waals surface area contributed by atoms with E-state index in [4.69, 9.17) is 0 Å². The van der Waals surface area contributed by atoms with E-state index in [1.54, 1.807) is 11.8 Å². The number of aliphatic hydroxyl groups excluding tert-OH is 1. The van der Waals surface area contributed by atoms with E-state index in [1.165, 1.54) is 11.5 Å². The lowest BCUT2D eigenvalue weighted by Crippen LogP contribution is -2.42. The van der Waals surface area contributed by atoms with E-state index in [1.807, 2.05) is 4.90 Å². The molecule has 8 heteroatoms. The van der Waals surface area contributed by atoms with E-state index in [0.29, 0.717) is 18.2 Å². The van der Waals surface area contributed by atoms with Gasteiger partial charge in [-0.15, -0.1) is 0 Å². The first-order chi connectivity index (χ1) is 9.67. The summed E-state index contributed by atoms with van der Waals surface area (Å²) in [6, 6.07) is 0. The fourth-order valence-corrected chi connectivity index (χ4v) is 3.46. The van der Waals surface area contributed by atoms with Crippen LogP contribution < -0.4 is 5.32 Å². The Morgan fingerprint density at radius 3 is 3.25 bits per heavy atom. The SMILES string of the molecule is CCCSc1nsc(NC(=O)CN2CCCC(O)C2)n1. The summed E-state index contributed by atoms with van der Waals surface area (Å²) in [5, 5.41) is 13.6. The van der Waals surface area contributed by atoms with E-state index in [0.717, 1.165) is 36.7 Å². The first-order valence-electron chi connectivity index (χ1n) is 6.84. The van der Waals surface area contributed by atoms with E-state index in [-0.39, 0.29) is 12.0 Å². The number of nitrogens with one attached hydrogen (secondary N) is 1. The van der Waals surface area contributed by atoms with Crippen LogP contribution in [-0.4, -0.2) is 56.8 Å². The fraction of sp³-hybridized carbons (Fsp3) is 0.750. The minimum absolute atomic E-state index is 0.0951. The molecule has 0 spiro atoms. The molecule has 0 saturated carbocycles. The summed E-state index contributed by atoms with van der Waals surface area (Å²) in [6.07, 6.45) is 2.52. The summed E-state index contributed by atoms with van der Waals surface area (Å²) in [4.78, 5) is 18.1. The van der Waals surface area contributed by atoms with Crippen molar-refractivity contribution >= 4 is 34.3 Å². The maximum Gasteiger partial charge on any atom is 0.240 e. The summed E-state index contributed by atoms with van der Waals surface area (Å²) < 4.78 is 4.19. The number of carbonyl (C=O) groups is 1. The van der Waals surface area contributed by atoms with Gasteiger partial charge in [-0.1, -0.05) is 18.7 Å². The van der Waals surface area contributed by atoms with E-state index in [2.05, 4.69) is 21.6 Å². The molecule has 1 amide bonds. The second-order valence-corrected chi connectivity index (χ2v) is 6.62. The van der Waals surface area contributed by atoms with Crippen LogP contribution in [-0.2, 0) is 4.79 Å². The Morgan fingerprint density at radius 1 is 1.65 bits per heavy atom. The number of aliphatic hydroxyl groups is 1. The number of β-amino-alcohol motifs (C(OH)–C–C–N with tert-alkyl or cyclic N) is 1.